The topological polar surface area (TPSA) is 70.6 Å². The lowest BCUT2D eigenvalue weighted by molar-refractivity contribution is 0.0986. The molecule has 168 valence electrons. The summed E-state index contributed by atoms with van der Waals surface area (Å²) in [6, 6.07) is 10.3. The smallest absolute Gasteiger partial charge is 0.260 e. The number of hydrogen-bond acceptors (Lipinski definition) is 6. The van der Waals surface area contributed by atoms with E-state index in [1.54, 1.807) is 17.0 Å². The minimum atomic E-state index is -3.40. The highest BCUT2D eigenvalue weighted by atomic mass is 35.5. The molecule has 31 heavy (non-hydrogen) atoms. The molecule has 0 spiro atoms. The second kappa shape index (κ2) is 10.1. The molecule has 1 amide bonds. The van der Waals surface area contributed by atoms with Crippen LogP contribution in [0.3, 0.4) is 0 Å². The van der Waals surface area contributed by atoms with Crippen molar-refractivity contribution < 1.29 is 13.2 Å². The molecule has 1 heterocycles. The number of carbonyl (C=O) groups excluding carboxylic acids is 1. The quantitative estimate of drug-likeness (QED) is 0.502. The van der Waals surface area contributed by atoms with Crippen molar-refractivity contribution in [3.05, 3.63) is 53.1 Å². The standard InChI is InChI=1S/C22H27N3O3S2.ClH/c1-15-12-19-20(13-16(15)2)29-22(23-19)25(11-7-10-24(3)4)21(26)17-8-6-9-18(14-17)30(5,27)28;/h6,8-9,12-14H,7,10-11H2,1-5H3;1H. The van der Waals surface area contributed by atoms with E-state index in [9.17, 15) is 13.2 Å². The van der Waals surface area contributed by atoms with Gasteiger partial charge in [-0.05, 0) is 82.4 Å². The van der Waals surface area contributed by atoms with Gasteiger partial charge < -0.3 is 4.90 Å². The highest BCUT2D eigenvalue weighted by Gasteiger charge is 2.22. The van der Waals surface area contributed by atoms with Crippen LogP contribution in [0.5, 0.6) is 0 Å². The van der Waals surface area contributed by atoms with Crippen LogP contribution in [0, 0.1) is 13.8 Å². The highest BCUT2D eigenvalue weighted by molar-refractivity contribution is 7.90. The highest BCUT2D eigenvalue weighted by Crippen LogP contribution is 2.32. The molecule has 0 saturated carbocycles. The first-order valence-electron chi connectivity index (χ1n) is 9.71. The monoisotopic (exact) mass is 481 g/mol. The van der Waals surface area contributed by atoms with Crippen LogP contribution in [0.4, 0.5) is 5.13 Å². The molecule has 9 heteroatoms. The van der Waals surface area contributed by atoms with Crippen LogP contribution in [0.2, 0.25) is 0 Å². The number of rotatable bonds is 7. The average Bonchev–Trinajstić information content (AvgIpc) is 3.06. The Bertz CT molecular complexity index is 1150. The van der Waals surface area contributed by atoms with Crippen LogP contribution in [0.1, 0.15) is 27.9 Å². The van der Waals surface area contributed by atoms with Crippen LogP contribution in [-0.4, -0.2) is 57.6 Å². The molecule has 0 aliphatic rings. The van der Waals surface area contributed by atoms with Gasteiger partial charge >= 0.3 is 0 Å². The molecule has 0 bridgehead atoms. The predicted octanol–water partition coefficient (Wildman–Crippen LogP) is 4.34. The first-order chi connectivity index (χ1) is 14.1. The number of aryl methyl sites for hydroxylation is 2. The summed E-state index contributed by atoms with van der Waals surface area (Å²) in [5, 5.41) is 0.628. The molecule has 1 aromatic heterocycles. The third-order valence-electron chi connectivity index (χ3n) is 4.96. The van der Waals surface area contributed by atoms with Gasteiger partial charge in [0.2, 0.25) is 0 Å². The van der Waals surface area contributed by atoms with Crippen molar-refractivity contribution in [2.45, 2.75) is 25.2 Å². The van der Waals surface area contributed by atoms with E-state index in [0.29, 0.717) is 17.2 Å². The van der Waals surface area contributed by atoms with Crippen LogP contribution in [-0.2, 0) is 9.84 Å². The summed E-state index contributed by atoms with van der Waals surface area (Å²) < 4.78 is 24.9. The largest absolute Gasteiger partial charge is 0.309 e. The van der Waals surface area contributed by atoms with Gasteiger partial charge in [-0.3, -0.25) is 9.69 Å². The van der Waals surface area contributed by atoms with Gasteiger partial charge in [-0.2, -0.15) is 0 Å². The van der Waals surface area contributed by atoms with Crippen molar-refractivity contribution in [2.24, 2.45) is 0 Å². The van der Waals surface area contributed by atoms with Crippen molar-refractivity contribution in [3.8, 4) is 0 Å². The number of aromatic nitrogens is 1. The summed E-state index contributed by atoms with van der Waals surface area (Å²) in [6.07, 6.45) is 1.92. The maximum absolute atomic E-state index is 13.4. The first-order valence-corrected chi connectivity index (χ1v) is 12.4. The van der Waals surface area contributed by atoms with E-state index < -0.39 is 9.84 Å². The fraction of sp³-hybridized carbons (Fsp3) is 0.364. The van der Waals surface area contributed by atoms with Crippen LogP contribution in [0.15, 0.2) is 41.3 Å². The van der Waals surface area contributed by atoms with Gasteiger partial charge in [-0.1, -0.05) is 17.4 Å². The fourth-order valence-electron chi connectivity index (χ4n) is 3.13. The Hall–Kier alpha value is -2.00. The van der Waals surface area contributed by atoms with Gasteiger partial charge in [-0.15, -0.1) is 12.4 Å². The number of benzene rings is 2. The summed E-state index contributed by atoms with van der Waals surface area (Å²) in [5.74, 6) is -0.244. The van der Waals surface area contributed by atoms with Crippen LogP contribution in [0.25, 0.3) is 10.2 Å². The normalized spacial score (nSPS) is 11.5. The van der Waals surface area contributed by atoms with Crippen molar-refractivity contribution in [3.63, 3.8) is 0 Å². The first kappa shape index (κ1) is 25.3. The third kappa shape index (κ3) is 6.04. The molecule has 0 atom stereocenters. The number of nitrogens with zero attached hydrogens (tertiary/aromatic N) is 3. The van der Waals surface area contributed by atoms with Gasteiger partial charge in [-0.25, -0.2) is 13.4 Å². The van der Waals surface area contributed by atoms with Gasteiger partial charge in [0.1, 0.15) is 0 Å². The zero-order valence-electron chi connectivity index (χ0n) is 18.4. The molecule has 0 aliphatic carbocycles. The van der Waals surface area contributed by atoms with Crippen molar-refractivity contribution in [2.75, 3.05) is 38.3 Å². The van der Waals surface area contributed by atoms with E-state index in [4.69, 9.17) is 4.98 Å². The van der Waals surface area contributed by atoms with Crippen LogP contribution >= 0.6 is 23.7 Å². The van der Waals surface area contributed by atoms with E-state index in [1.165, 1.54) is 29.0 Å². The minimum absolute atomic E-state index is 0. The van der Waals surface area contributed by atoms with Crippen molar-refractivity contribution in [1.82, 2.24) is 9.88 Å². The van der Waals surface area contributed by atoms with Crippen molar-refractivity contribution in [1.29, 1.82) is 0 Å². The average molecular weight is 482 g/mol. The summed E-state index contributed by atoms with van der Waals surface area (Å²) in [7, 11) is 0.584. The van der Waals surface area contributed by atoms with E-state index in [1.807, 2.05) is 27.1 Å². The molecule has 0 fully saturated rings. The summed E-state index contributed by atoms with van der Waals surface area (Å²) >= 11 is 1.48. The molecule has 0 aliphatic heterocycles. The zero-order chi connectivity index (χ0) is 22.1. The van der Waals surface area contributed by atoms with E-state index >= 15 is 0 Å². The lowest BCUT2D eigenvalue weighted by atomic mass is 10.1. The van der Waals surface area contributed by atoms with Gasteiger partial charge in [0, 0.05) is 18.4 Å². The Morgan fingerprint density at radius 1 is 1.06 bits per heavy atom. The molecule has 0 unspecified atom stereocenters. The fourth-order valence-corrected chi connectivity index (χ4v) is 4.86. The van der Waals surface area contributed by atoms with Gasteiger partial charge in [0.05, 0.1) is 15.1 Å². The maximum atomic E-state index is 13.4. The summed E-state index contributed by atoms with van der Waals surface area (Å²) in [6.45, 7) is 5.43. The second-order valence-corrected chi connectivity index (χ2v) is 10.8. The molecule has 0 radical (unpaired) electrons. The van der Waals surface area contributed by atoms with E-state index in [-0.39, 0.29) is 23.2 Å². The Labute approximate surface area is 194 Å². The van der Waals surface area contributed by atoms with Gasteiger partial charge in [0.25, 0.3) is 5.91 Å². The number of carbonyl (C=O) groups is 1. The number of hydrogen-bond donors (Lipinski definition) is 0. The molecular weight excluding hydrogens is 454 g/mol. The molecule has 3 rings (SSSR count). The Kier molecular flexibility index (Phi) is 8.21. The number of sulfone groups is 1. The Morgan fingerprint density at radius 3 is 2.39 bits per heavy atom. The Balaban J connectivity index is 0.00000341. The number of fused-ring (bicyclic) bond motifs is 1. The molecule has 0 N–H and O–H groups in total. The Morgan fingerprint density at radius 2 is 1.74 bits per heavy atom. The molecule has 6 nitrogen and oxygen atoms in total. The third-order valence-corrected chi connectivity index (χ3v) is 7.12. The lowest BCUT2D eigenvalue weighted by Crippen LogP contribution is -2.33. The number of amides is 1. The summed E-state index contributed by atoms with van der Waals surface area (Å²) in [4.78, 5) is 22.0. The number of anilines is 1. The van der Waals surface area contributed by atoms with E-state index in [2.05, 4.69) is 17.9 Å². The van der Waals surface area contributed by atoms with Crippen molar-refractivity contribution >= 4 is 54.8 Å². The second-order valence-electron chi connectivity index (χ2n) is 7.81. The van der Waals surface area contributed by atoms with Crippen LogP contribution < -0.4 is 4.90 Å². The maximum Gasteiger partial charge on any atom is 0.260 e. The van der Waals surface area contributed by atoms with Gasteiger partial charge in [0.15, 0.2) is 15.0 Å². The molecular formula is C22H28ClN3O3S2. The molecule has 2 aromatic carbocycles. The van der Waals surface area contributed by atoms with E-state index in [0.717, 1.165) is 35.0 Å². The predicted molar refractivity (Wildman–Crippen MR) is 131 cm³/mol. The lowest BCUT2D eigenvalue weighted by Gasteiger charge is -2.21. The SMILES string of the molecule is Cc1cc2nc(N(CCCN(C)C)C(=O)c3cccc(S(C)(=O)=O)c3)sc2cc1C.Cl. The summed E-state index contributed by atoms with van der Waals surface area (Å²) in [5.41, 5.74) is 3.55. The number of halogens is 1. The zero-order valence-corrected chi connectivity index (χ0v) is 20.8. The minimum Gasteiger partial charge on any atom is -0.309 e. The number of thiazole rings is 1. The molecule has 3 aromatic rings. The molecule has 0 saturated heterocycles.